The summed E-state index contributed by atoms with van der Waals surface area (Å²) >= 11 is 0. The van der Waals surface area contributed by atoms with Gasteiger partial charge in [-0.1, -0.05) is 24.3 Å². The Hall–Kier alpha value is -3.91. The molecule has 3 aromatic rings. The molecular weight excluding hydrogens is 519 g/mol. The monoisotopic (exact) mass is 556 g/mol. The highest BCUT2D eigenvalue weighted by atomic mass is 19.1. The van der Waals surface area contributed by atoms with E-state index >= 15 is 0 Å². The third-order valence-corrected chi connectivity index (χ3v) is 8.46. The summed E-state index contributed by atoms with van der Waals surface area (Å²) < 4.78 is 25.8. The molecule has 3 aliphatic rings. The number of hydrogen-bond donors (Lipinski definition) is 1. The zero-order chi connectivity index (χ0) is 28.4. The fraction of sp³-hybridized carbons (Fsp3) is 0.394. The first-order chi connectivity index (χ1) is 20.0. The number of halogens is 1. The summed E-state index contributed by atoms with van der Waals surface area (Å²) in [4.78, 5) is 21.1. The van der Waals surface area contributed by atoms with Crippen LogP contribution in [0.3, 0.4) is 0 Å². The van der Waals surface area contributed by atoms with Gasteiger partial charge in [-0.25, -0.2) is 9.18 Å². The summed E-state index contributed by atoms with van der Waals surface area (Å²) in [5, 5.41) is 0. The van der Waals surface area contributed by atoms with E-state index in [0.29, 0.717) is 25.6 Å². The van der Waals surface area contributed by atoms with E-state index in [2.05, 4.69) is 22.0 Å². The van der Waals surface area contributed by atoms with Gasteiger partial charge in [0.1, 0.15) is 17.2 Å². The van der Waals surface area contributed by atoms with Gasteiger partial charge in [-0.3, -0.25) is 14.8 Å². The Morgan fingerprint density at radius 2 is 1.83 bits per heavy atom. The summed E-state index contributed by atoms with van der Waals surface area (Å²) in [6.07, 6.45) is 4.95. The van der Waals surface area contributed by atoms with Gasteiger partial charge in [0.2, 0.25) is 0 Å². The number of carbonyl (C=O) groups is 1. The predicted octanol–water partition coefficient (Wildman–Crippen LogP) is 6.25. The molecule has 0 atom stereocenters. The number of ether oxygens (including phenoxy) is 2. The van der Waals surface area contributed by atoms with Crippen LogP contribution in [0, 0.1) is 5.82 Å². The summed E-state index contributed by atoms with van der Waals surface area (Å²) in [5.41, 5.74) is 11.4. The van der Waals surface area contributed by atoms with E-state index in [1.165, 1.54) is 42.4 Å². The van der Waals surface area contributed by atoms with Gasteiger partial charge in [0.25, 0.3) is 0 Å². The number of amides is 1. The highest BCUT2D eigenvalue weighted by Crippen LogP contribution is 2.47. The molecule has 1 amide bonds. The van der Waals surface area contributed by atoms with Crippen LogP contribution in [0.15, 0.2) is 65.7 Å². The quantitative estimate of drug-likeness (QED) is 0.249. The maximum absolute atomic E-state index is 13.6. The number of aliphatic imine (C=N–C) groups is 1. The Morgan fingerprint density at radius 3 is 2.49 bits per heavy atom. The van der Waals surface area contributed by atoms with Crippen LogP contribution in [0.4, 0.5) is 14.9 Å². The lowest BCUT2D eigenvalue weighted by Gasteiger charge is -2.37. The zero-order valence-corrected chi connectivity index (χ0v) is 23.5. The lowest BCUT2D eigenvalue weighted by atomic mass is 9.90. The van der Waals surface area contributed by atoms with Crippen molar-refractivity contribution in [1.82, 2.24) is 4.90 Å². The zero-order valence-electron chi connectivity index (χ0n) is 23.5. The Morgan fingerprint density at radius 1 is 1.10 bits per heavy atom. The SMILES string of the molecule is CCOc1cc(-c2ccc(F)cc2)c(C2CC2)cc1CN1CCC2(CC1)CN(c1ccc(CN=CN)cc1)C(=O)O2. The normalized spacial score (nSPS) is 18.8. The molecule has 2 heterocycles. The second-order valence-corrected chi connectivity index (χ2v) is 11.3. The summed E-state index contributed by atoms with van der Waals surface area (Å²) in [6, 6.07) is 19.0. The minimum Gasteiger partial charge on any atom is -0.494 e. The summed E-state index contributed by atoms with van der Waals surface area (Å²) in [5.74, 6) is 1.20. The van der Waals surface area contributed by atoms with Crippen LogP contribution in [-0.2, 0) is 17.8 Å². The van der Waals surface area contributed by atoms with Gasteiger partial charge >= 0.3 is 6.09 Å². The second kappa shape index (κ2) is 11.5. The molecule has 1 saturated carbocycles. The molecule has 0 bridgehead atoms. The van der Waals surface area contributed by atoms with Crippen molar-refractivity contribution in [1.29, 1.82) is 0 Å². The number of hydrogen-bond acceptors (Lipinski definition) is 5. The van der Waals surface area contributed by atoms with Crippen LogP contribution in [0.25, 0.3) is 11.1 Å². The molecule has 2 saturated heterocycles. The van der Waals surface area contributed by atoms with E-state index in [1.807, 2.05) is 43.3 Å². The predicted molar refractivity (Wildman–Crippen MR) is 159 cm³/mol. The average molecular weight is 557 g/mol. The van der Waals surface area contributed by atoms with Crippen LogP contribution in [0.1, 0.15) is 55.2 Å². The van der Waals surface area contributed by atoms with Gasteiger partial charge in [0.05, 0.1) is 26.0 Å². The first-order valence-corrected chi connectivity index (χ1v) is 14.5. The summed E-state index contributed by atoms with van der Waals surface area (Å²) in [6.45, 7) is 6.10. The largest absolute Gasteiger partial charge is 0.494 e. The van der Waals surface area contributed by atoms with Crippen LogP contribution < -0.4 is 15.4 Å². The molecule has 8 heteroatoms. The van der Waals surface area contributed by atoms with Crippen molar-refractivity contribution in [2.24, 2.45) is 10.7 Å². The highest BCUT2D eigenvalue weighted by Gasteiger charge is 2.47. The molecular formula is C33H37FN4O3. The molecule has 7 nitrogen and oxygen atoms in total. The van der Waals surface area contributed by atoms with Gasteiger partial charge in [-0.2, -0.15) is 0 Å². The number of likely N-dealkylation sites (tertiary alicyclic amines) is 1. The number of nitrogens with two attached hydrogens (primary N) is 1. The van der Waals surface area contributed by atoms with Gasteiger partial charge in [-0.15, -0.1) is 0 Å². The molecule has 0 unspecified atom stereocenters. The minimum atomic E-state index is -0.468. The first-order valence-electron chi connectivity index (χ1n) is 14.5. The van der Waals surface area contributed by atoms with Gasteiger partial charge in [0.15, 0.2) is 0 Å². The number of anilines is 1. The summed E-state index contributed by atoms with van der Waals surface area (Å²) in [7, 11) is 0. The van der Waals surface area contributed by atoms with Crippen LogP contribution in [-0.4, -0.2) is 49.2 Å². The van der Waals surface area contributed by atoms with Crippen molar-refractivity contribution in [3.63, 3.8) is 0 Å². The number of nitrogens with zero attached hydrogens (tertiary/aromatic N) is 3. The van der Waals surface area contributed by atoms with Crippen molar-refractivity contribution in [3.05, 3.63) is 83.2 Å². The van der Waals surface area contributed by atoms with Crippen molar-refractivity contribution in [2.45, 2.75) is 57.2 Å². The lowest BCUT2D eigenvalue weighted by molar-refractivity contribution is -0.00111. The third-order valence-electron chi connectivity index (χ3n) is 8.46. The van der Waals surface area contributed by atoms with Gasteiger partial charge in [0, 0.05) is 43.7 Å². The van der Waals surface area contributed by atoms with E-state index < -0.39 is 5.60 Å². The Balaban J connectivity index is 1.15. The number of piperidine rings is 1. The van der Waals surface area contributed by atoms with E-state index in [4.69, 9.17) is 15.2 Å². The molecule has 2 N–H and O–H groups in total. The smallest absolute Gasteiger partial charge is 0.415 e. The number of carbonyl (C=O) groups excluding carboxylic acids is 1. The molecule has 214 valence electrons. The van der Waals surface area contributed by atoms with E-state index in [9.17, 15) is 9.18 Å². The van der Waals surface area contributed by atoms with Crippen molar-refractivity contribution in [2.75, 3.05) is 31.1 Å². The second-order valence-electron chi connectivity index (χ2n) is 11.3. The fourth-order valence-corrected chi connectivity index (χ4v) is 6.05. The highest BCUT2D eigenvalue weighted by molar-refractivity contribution is 5.90. The average Bonchev–Trinajstić information content (AvgIpc) is 3.78. The van der Waals surface area contributed by atoms with Crippen LogP contribution in [0.2, 0.25) is 0 Å². The van der Waals surface area contributed by atoms with Crippen molar-refractivity contribution in [3.8, 4) is 16.9 Å². The molecule has 3 fully saturated rings. The molecule has 41 heavy (non-hydrogen) atoms. The minimum absolute atomic E-state index is 0.228. The third kappa shape index (κ3) is 5.93. The van der Waals surface area contributed by atoms with Gasteiger partial charge in [-0.05, 0) is 84.3 Å². The topological polar surface area (TPSA) is 80.4 Å². The van der Waals surface area contributed by atoms with E-state index in [0.717, 1.165) is 60.6 Å². The standard InChI is InChI=1S/C33H37FN4O3/c1-2-40-31-18-30(25-7-9-27(34)10-8-25)29(24-5-6-24)17-26(31)20-37-15-13-33(14-16-37)21-38(32(39)41-33)28-11-3-23(4-12-28)19-36-22-35/h3-4,7-12,17-18,22,24H,2,5-6,13-16,19-21H2,1H3,(H2,35,36). The Bertz CT molecular complexity index is 1410. The Kier molecular flexibility index (Phi) is 7.67. The molecule has 2 aliphatic heterocycles. The molecule has 6 rings (SSSR count). The number of benzene rings is 3. The lowest BCUT2D eigenvalue weighted by Crippen LogP contribution is -2.46. The maximum Gasteiger partial charge on any atom is 0.415 e. The van der Waals surface area contributed by atoms with E-state index in [-0.39, 0.29) is 11.9 Å². The molecule has 1 spiro atoms. The fourth-order valence-electron chi connectivity index (χ4n) is 6.05. The van der Waals surface area contributed by atoms with Crippen molar-refractivity contribution >= 4 is 18.1 Å². The molecule has 0 aromatic heterocycles. The van der Waals surface area contributed by atoms with Crippen molar-refractivity contribution < 1.29 is 18.7 Å². The molecule has 3 aromatic carbocycles. The van der Waals surface area contributed by atoms with Gasteiger partial charge < -0.3 is 15.2 Å². The molecule has 0 radical (unpaired) electrons. The maximum atomic E-state index is 13.6. The van der Waals surface area contributed by atoms with Crippen LogP contribution >= 0.6 is 0 Å². The van der Waals surface area contributed by atoms with Crippen LogP contribution in [0.5, 0.6) is 5.75 Å². The number of rotatable bonds is 9. The Labute approximate surface area is 240 Å². The first kappa shape index (κ1) is 27.3. The molecule has 1 aliphatic carbocycles. The van der Waals surface area contributed by atoms with E-state index in [1.54, 1.807) is 4.90 Å².